The normalized spacial score (nSPS) is 20.9. The summed E-state index contributed by atoms with van der Waals surface area (Å²) in [5.74, 6) is 0.911. The largest absolute Gasteiger partial charge is 0.297 e. The molecule has 0 radical (unpaired) electrons. The Kier molecular flexibility index (Phi) is 4.04. The van der Waals surface area contributed by atoms with E-state index < -0.39 is 0 Å². The van der Waals surface area contributed by atoms with Crippen LogP contribution in [0.5, 0.6) is 0 Å². The number of likely N-dealkylation sites (tertiary alicyclic amines) is 1. The third-order valence-corrected chi connectivity index (χ3v) is 4.25. The highest BCUT2D eigenvalue weighted by Gasteiger charge is 2.20. The highest BCUT2D eigenvalue weighted by Crippen LogP contribution is 2.26. The van der Waals surface area contributed by atoms with Crippen LogP contribution in [0.3, 0.4) is 0 Å². The molecule has 1 atom stereocenters. The van der Waals surface area contributed by atoms with Gasteiger partial charge in [-0.15, -0.1) is 0 Å². The minimum atomic E-state index is 0.556. The molecule has 2 rings (SSSR count). The first kappa shape index (κ1) is 12.1. The van der Waals surface area contributed by atoms with Gasteiger partial charge in [0.05, 0.1) is 0 Å². The minimum Gasteiger partial charge on any atom is -0.297 e. The summed E-state index contributed by atoms with van der Waals surface area (Å²) in [6.45, 7) is 7.18. The predicted molar refractivity (Wildman–Crippen MR) is 72.5 cm³/mol. The van der Waals surface area contributed by atoms with E-state index in [0.29, 0.717) is 6.04 Å². The smallest absolute Gasteiger partial charge is 0.0319 e. The molecule has 0 N–H and O–H groups in total. The van der Waals surface area contributed by atoms with Crippen molar-refractivity contribution in [3.8, 4) is 0 Å². The van der Waals surface area contributed by atoms with Gasteiger partial charge in [0.1, 0.15) is 0 Å². The molecule has 1 aromatic carbocycles. The van der Waals surface area contributed by atoms with Crippen molar-refractivity contribution in [2.24, 2.45) is 5.92 Å². The van der Waals surface area contributed by atoms with Crippen LogP contribution in [0, 0.1) is 5.92 Å². The second-order valence-electron chi connectivity index (χ2n) is 4.95. The molecule has 1 aliphatic rings. The standard InChI is InChI=1S/C14H20BrN/c1-11-7-9-16(10-8-11)12(2)13-3-5-14(15)6-4-13/h3-6,11-12H,7-10H2,1-2H3. The van der Waals surface area contributed by atoms with E-state index in [1.54, 1.807) is 0 Å². The summed E-state index contributed by atoms with van der Waals surface area (Å²) >= 11 is 3.48. The average Bonchev–Trinajstić information content (AvgIpc) is 2.30. The lowest BCUT2D eigenvalue weighted by Gasteiger charge is -2.35. The molecule has 0 saturated carbocycles. The number of piperidine rings is 1. The SMILES string of the molecule is CC1CCN(C(C)c2ccc(Br)cc2)CC1. The Morgan fingerprint density at radius 1 is 1.19 bits per heavy atom. The summed E-state index contributed by atoms with van der Waals surface area (Å²) in [6.07, 6.45) is 2.70. The Balaban J connectivity index is 2.01. The van der Waals surface area contributed by atoms with Gasteiger partial charge in [-0.05, 0) is 56.5 Å². The molecule has 16 heavy (non-hydrogen) atoms. The fourth-order valence-electron chi connectivity index (χ4n) is 2.37. The van der Waals surface area contributed by atoms with E-state index in [-0.39, 0.29) is 0 Å². The van der Waals surface area contributed by atoms with Crippen molar-refractivity contribution >= 4 is 15.9 Å². The molecule has 1 saturated heterocycles. The van der Waals surface area contributed by atoms with Gasteiger partial charge in [0.15, 0.2) is 0 Å². The molecule has 0 aromatic heterocycles. The Hall–Kier alpha value is -0.340. The van der Waals surface area contributed by atoms with Crippen molar-refractivity contribution in [3.05, 3.63) is 34.3 Å². The zero-order chi connectivity index (χ0) is 11.5. The van der Waals surface area contributed by atoms with Crippen LogP contribution in [0.2, 0.25) is 0 Å². The molecule has 2 heteroatoms. The van der Waals surface area contributed by atoms with Gasteiger partial charge < -0.3 is 0 Å². The molecule has 1 aromatic rings. The highest BCUT2D eigenvalue weighted by molar-refractivity contribution is 9.10. The molecular formula is C14H20BrN. The van der Waals surface area contributed by atoms with Crippen molar-refractivity contribution in [2.75, 3.05) is 13.1 Å². The van der Waals surface area contributed by atoms with Gasteiger partial charge in [-0.2, -0.15) is 0 Å². The molecule has 1 nitrogen and oxygen atoms in total. The average molecular weight is 282 g/mol. The van der Waals surface area contributed by atoms with Crippen LogP contribution in [-0.4, -0.2) is 18.0 Å². The summed E-state index contributed by atoms with van der Waals surface area (Å²) in [6, 6.07) is 9.29. The van der Waals surface area contributed by atoms with E-state index in [0.717, 1.165) is 10.4 Å². The minimum absolute atomic E-state index is 0.556. The van der Waals surface area contributed by atoms with Crippen LogP contribution in [0.25, 0.3) is 0 Å². The number of hydrogen-bond acceptors (Lipinski definition) is 1. The van der Waals surface area contributed by atoms with Gasteiger partial charge in [-0.1, -0.05) is 35.0 Å². The second-order valence-corrected chi connectivity index (χ2v) is 5.86. The second kappa shape index (κ2) is 5.33. The molecule has 0 bridgehead atoms. The first-order valence-corrected chi connectivity index (χ1v) is 6.95. The first-order valence-electron chi connectivity index (χ1n) is 6.16. The molecule has 0 amide bonds. The Labute approximate surface area is 107 Å². The van der Waals surface area contributed by atoms with Gasteiger partial charge in [0, 0.05) is 10.5 Å². The fourth-order valence-corrected chi connectivity index (χ4v) is 2.63. The molecular weight excluding hydrogens is 262 g/mol. The van der Waals surface area contributed by atoms with Gasteiger partial charge >= 0.3 is 0 Å². The topological polar surface area (TPSA) is 3.24 Å². The number of hydrogen-bond donors (Lipinski definition) is 0. The molecule has 1 aliphatic heterocycles. The van der Waals surface area contributed by atoms with E-state index >= 15 is 0 Å². The van der Waals surface area contributed by atoms with Gasteiger partial charge in [-0.3, -0.25) is 4.90 Å². The summed E-state index contributed by atoms with van der Waals surface area (Å²) in [5, 5.41) is 0. The van der Waals surface area contributed by atoms with Crippen molar-refractivity contribution in [3.63, 3.8) is 0 Å². The van der Waals surface area contributed by atoms with Gasteiger partial charge in [-0.25, -0.2) is 0 Å². The fraction of sp³-hybridized carbons (Fsp3) is 0.571. The quantitative estimate of drug-likeness (QED) is 0.784. The number of halogens is 1. The summed E-state index contributed by atoms with van der Waals surface area (Å²) in [7, 11) is 0. The molecule has 88 valence electrons. The zero-order valence-electron chi connectivity index (χ0n) is 10.1. The van der Waals surface area contributed by atoms with Crippen LogP contribution < -0.4 is 0 Å². The lowest BCUT2D eigenvalue weighted by Crippen LogP contribution is -2.34. The number of rotatable bonds is 2. The maximum Gasteiger partial charge on any atom is 0.0319 e. The monoisotopic (exact) mass is 281 g/mol. The maximum absolute atomic E-state index is 3.48. The van der Waals surface area contributed by atoms with Crippen molar-refractivity contribution < 1.29 is 0 Å². The Morgan fingerprint density at radius 2 is 1.75 bits per heavy atom. The van der Waals surface area contributed by atoms with Gasteiger partial charge in [0.2, 0.25) is 0 Å². The Morgan fingerprint density at radius 3 is 2.31 bits per heavy atom. The molecule has 1 heterocycles. The number of benzene rings is 1. The van der Waals surface area contributed by atoms with E-state index in [9.17, 15) is 0 Å². The van der Waals surface area contributed by atoms with Crippen LogP contribution in [0.15, 0.2) is 28.7 Å². The van der Waals surface area contributed by atoms with E-state index in [4.69, 9.17) is 0 Å². The van der Waals surface area contributed by atoms with Crippen LogP contribution >= 0.6 is 15.9 Å². The third kappa shape index (κ3) is 2.86. The van der Waals surface area contributed by atoms with E-state index in [2.05, 4.69) is 58.9 Å². The third-order valence-electron chi connectivity index (χ3n) is 3.72. The molecule has 1 unspecified atom stereocenters. The Bertz CT molecular complexity index is 325. The summed E-state index contributed by atoms with van der Waals surface area (Å²) in [5.41, 5.74) is 1.43. The molecule has 1 fully saturated rings. The van der Waals surface area contributed by atoms with Crippen LogP contribution in [0.1, 0.15) is 38.3 Å². The van der Waals surface area contributed by atoms with E-state index in [1.165, 1.54) is 31.5 Å². The van der Waals surface area contributed by atoms with Gasteiger partial charge in [0.25, 0.3) is 0 Å². The van der Waals surface area contributed by atoms with Crippen molar-refractivity contribution in [1.82, 2.24) is 4.90 Å². The first-order chi connectivity index (χ1) is 7.66. The lowest BCUT2D eigenvalue weighted by atomic mass is 9.96. The highest BCUT2D eigenvalue weighted by atomic mass is 79.9. The summed E-state index contributed by atoms with van der Waals surface area (Å²) < 4.78 is 1.16. The molecule has 0 spiro atoms. The number of nitrogens with zero attached hydrogens (tertiary/aromatic N) is 1. The maximum atomic E-state index is 3.48. The van der Waals surface area contributed by atoms with E-state index in [1.807, 2.05) is 0 Å². The van der Waals surface area contributed by atoms with Crippen molar-refractivity contribution in [1.29, 1.82) is 0 Å². The van der Waals surface area contributed by atoms with Crippen LogP contribution in [-0.2, 0) is 0 Å². The zero-order valence-corrected chi connectivity index (χ0v) is 11.7. The lowest BCUT2D eigenvalue weighted by molar-refractivity contribution is 0.147. The van der Waals surface area contributed by atoms with Crippen molar-refractivity contribution in [2.45, 2.75) is 32.7 Å². The van der Waals surface area contributed by atoms with Crippen LogP contribution in [0.4, 0.5) is 0 Å². The molecule has 0 aliphatic carbocycles. The summed E-state index contributed by atoms with van der Waals surface area (Å²) in [4.78, 5) is 2.60. The predicted octanol–water partition coefficient (Wildman–Crippen LogP) is 4.24.